The van der Waals surface area contributed by atoms with Gasteiger partial charge in [-0.3, -0.25) is 4.79 Å². The molecule has 3 rings (SSSR count). The summed E-state index contributed by atoms with van der Waals surface area (Å²) in [5.41, 5.74) is 1.29. The van der Waals surface area contributed by atoms with E-state index in [1.807, 2.05) is 6.07 Å². The lowest BCUT2D eigenvalue weighted by molar-refractivity contribution is 0.0955. The second kappa shape index (κ2) is 5.53. The van der Waals surface area contributed by atoms with Crippen molar-refractivity contribution in [2.45, 2.75) is 30.0 Å². The van der Waals surface area contributed by atoms with E-state index in [1.54, 1.807) is 17.4 Å². The maximum absolute atomic E-state index is 12.1. The average molecular weight is 342 g/mol. The van der Waals surface area contributed by atoms with Crippen LogP contribution in [0.15, 0.2) is 22.4 Å². The summed E-state index contributed by atoms with van der Waals surface area (Å²) in [6.07, 6.45) is 3.30. The normalized spacial score (nSPS) is 14.1. The fourth-order valence-corrected chi connectivity index (χ4v) is 5.19. The third-order valence-corrected chi connectivity index (χ3v) is 7.07. The number of amides is 1. The van der Waals surface area contributed by atoms with Crippen molar-refractivity contribution < 1.29 is 13.2 Å². The largest absolute Gasteiger partial charge is 0.346 e. The first-order chi connectivity index (χ1) is 9.93. The van der Waals surface area contributed by atoms with Crippen molar-refractivity contribution in [1.82, 2.24) is 5.32 Å². The molecule has 5 nitrogen and oxygen atoms in total. The number of thiophene rings is 2. The molecule has 0 radical (unpaired) electrons. The summed E-state index contributed by atoms with van der Waals surface area (Å²) in [4.78, 5) is 14.9. The van der Waals surface area contributed by atoms with E-state index < -0.39 is 10.0 Å². The third kappa shape index (κ3) is 3.18. The van der Waals surface area contributed by atoms with Crippen LogP contribution in [0.1, 0.15) is 31.4 Å². The Morgan fingerprint density at radius 3 is 2.76 bits per heavy atom. The molecule has 3 N–H and O–H groups in total. The molecule has 0 atom stereocenters. The van der Waals surface area contributed by atoms with Crippen molar-refractivity contribution in [3.8, 4) is 0 Å². The highest BCUT2D eigenvalue weighted by Crippen LogP contribution is 2.30. The maximum Gasteiger partial charge on any atom is 0.261 e. The Bertz CT molecular complexity index is 768. The van der Waals surface area contributed by atoms with Gasteiger partial charge in [-0.2, -0.15) is 0 Å². The molecule has 0 aliphatic heterocycles. The zero-order valence-corrected chi connectivity index (χ0v) is 13.5. The van der Waals surface area contributed by atoms with Crippen LogP contribution >= 0.6 is 22.7 Å². The van der Waals surface area contributed by atoms with Gasteiger partial charge in [0, 0.05) is 9.75 Å². The molecule has 0 spiro atoms. The number of carbonyl (C=O) groups excluding carboxylic acids is 1. The summed E-state index contributed by atoms with van der Waals surface area (Å²) in [6.45, 7) is 0.307. The molecule has 0 saturated carbocycles. The molecule has 0 fully saturated rings. The van der Waals surface area contributed by atoms with Gasteiger partial charge in [0.05, 0.1) is 11.4 Å². The number of fused-ring (bicyclic) bond motifs is 1. The minimum absolute atomic E-state index is 0.111. The van der Waals surface area contributed by atoms with E-state index in [0.717, 1.165) is 33.9 Å². The standard InChI is InChI=1S/C13H14N2O3S3/c14-21(17,18)12-5-4-9(19-12)7-15-13(16)11-6-8-2-1-3-10(8)20-11/h4-6H,1-3,7H2,(H,15,16)(H2,14,17,18). The van der Waals surface area contributed by atoms with Gasteiger partial charge in [-0.05, 0) is 43.0 Å². The molecule has 0 aromatic carbocycles. The van der Waals surface area contributed by atoms with Crippen molar-refractivity contribution in [2.24, 2.45) is 5.14 Å². The van der Waals surface area contributed by atoms with E-state index in [4.69, 9.17) is 5.14 Å². The van der Waals surface area contributed by atoms with Crippen LogP contribution in [0.4, 0.5) is 0 Å². The van der Waals surface area contributed by atoms with Gasteiger partial charge in [0.2, 0.25) is 10.0 Å². The Morgan fingerprint density at radius 1 is 1.29 bits per heavy atom. The third-order valence-electron chi connectivity index (χ3n) is 3.31. The number of hydrogen-bond donors (Lipinski definition) is 2. The van der Waals surface area contributed by atoms with Gasteiger partial charge in [-0.25, -0.2) is 13.6 Å². The molecule has 0 saturated heterocycles. The van der Waals surface area contributed by atoms with E-state index in [1.165, 1.54) is 22.9 Å². The summed E-state index contributed by atoms with van der Waals surface area (Å²) in [5.74, 6) is -0.111. The van der Waals surface area contributed by atoms with Gasteiger partial charge in [0.25, 0.3) is 5.91 Å². The molecule has 0 unspecified atom stereocenters. The second-order valence-corrected chi connectivity index (χ2v) is 8.95. The highest BCUT2D eigenvalue weighted by Gasteiger charge is 2.18. The number of nitrogens with one attached hydrogen (secondary N) is 1. The minimum atomic E-state index is -3.66. The highest BCUT2D eigenvalue weighted by atomic mass is 32.2. The SMILES string of the molecule is NS(=O)(=O)c1ccc(CNC(=O)c2cc3c(s2)CCC3)s1. The molecule has 2 heterocycles. The van der Waals surface area contributed by atoms with Crippen molar-refractivity contribution in [2.75, 3.05) is 0 Å². The summed E-state index contributed by atoms with van der Waals surface area (Å²) in [6, 6.07) is 5.09. The zero-order chi connectivity index (χ0) is 15.0. The Morgan fingerprint density at radius 2 is 2.10 bits per heavy atom. The molecule has 21 heavy (non-hydrogen) atoms. The van der Waals surface area contributed by atoms with Crippen LogP contribution in [0.2, 0.25) is 0 Å². The molecular weight excluding hydrogens is 328 g/mol. The molecular formula is C13H14N2O3S3. The number of carbonyl (C=O) groups is 1. The van der Waals surface area contributed by atoms with Crippen LogP contribution < -0.4 is 10.5 Å². The quantitative estimate of drug-likeness (QED) is 0.889. The predicted octanol–water partition coefficient (Wildman–Crippen LogP) is 1.88. The van der Waals surface area contributed by atoms with Gasteiger partial charge in [-0.1, -0.05) is 0 Å². The number of aryl methyl sites for hydroxylation is 2. The maximum atomic E-state index is 12.1. The lowest BCUT2D eigenvalue weighted by Crippen LogP contribution is -2.21. The van der Waals surface area contributed by atoms with Gasteiger partial charge < -0.3 is 5.32 Å². The zero-order valence-electron chi connectivity index (χ0n) is 11.1. The van der Waals surface area contributed by atoms with Crippen molar-refractivity contribution in [1.29, 1.82) is 0 Å². The second-order valence-electron chi connectivity index (χ2n) is 4.86. The van der Waals surface area contributed by atoms with Gasteiger partial charge in [0.15, 0.2) is 0 Å². The smallest absolute Gasteiger partial charge is 0.261 e. The Kier molecular flexibility index (Phi) is 3.87. The first kappa shape index (κ1) is 14.7. The number of primary sulfonamides is 1. The van der Waals surface area contributed by atoms with Crippen LogP contribution in [0, 0.1) is 0 Å². The lowest BCUT2D eigenvalue weighted by atomic mass is 10.2. The number of rotatable bonds is 4. The number of hydrogen-bond acceptors (Lipinski definition) is 5. The number of nitrogens with two attached hydrogens (primary N) is 1. The average Bonchev–Trinajstić information content (AvgIpc) is 3.09. The molecule has 2 aromatic rings. The van der Waals surface area contributed by atoms with Crippen LogP contribution in [-0.4, -0.2) is 14.3 Å². The monoisotopic (exact) mass is 342 g/mol. The molecule has 2 aromatic heterocycles. The molecule has 0 bridgehead atoms. The fourth-order valence-electron chi connectivity index (χ4n) is 2.30. The highest BCUT2D eigenvalue weighted by molar-refractivity contribution is 7.91. The fraction of sp³-hybridized carbons (Fsp3) is 0.308. The van der Waals surface area contributed by atoms with E-state index in [9.17, 15) is 13.2 Å². The molecule has 1 aliphatic carbocycles. The van der Waals surface area contributed by atoms with Crippen LogP contribution in [0.3, 0.4) is 0 Å². The van der Waals surface area contributed by atoms with Crippen LogP contribution in [0.25, 0.3) is 0 Å². The van der Waals surface area contributed by atoms with Crippen LogP contribution in [-0.2, 0) is 29.4 Å². The van der Waals surface area contributed by atoms with Crippen LogP contribution in [0.5, 0.6) is 0 Å². The van der Waals surface area contributed by atoms with Gasteiger partial charge in [0.1, 0.15) is 4.21 Å². The van der Waals surface area contributed by atoms with Crippen molar-refractivity contribution in [3.63, 3.8) is 0 Å². The summed E-state index contributed by atoms with van der Waals surface area (Å²) in [5, 5.41) is 7.87. The summed E-state index contributed by atoms with van der Waals surface area (Å²) >= 11 is 2.63. The minimum Gasteiger partial charge on any atom is -0.346 e. The Hall–Kier alpha value is -1.22. The van der Waals surface area contributed by atoms with E-state index in [2.05, 4.69) is 5.32 Å². The van der Waals surface area contributed by atoms with Crippen molar-refractivity contribution >= 4 is 38.6 Å². The van der Waals surface area contributed by atoms with Gasteiger partial charge >= 0.3 is 0 Å². The molecule has 8 heteroatoms. The Labute approximate surface area is 130 Å². The molecule has 1 amide bonds. The Balaban J connectivity index is 1.64. The topological polar surface area (TPSA) is 89.3 Å². The lowest BCUT2D eigenvalue weighted by Gasteiger charge is -2.01. The van der Waals surface area contributed by atoms with Gasteiger partial charge in [-0.15, -0.1) is 22.7 Å². The predicted molar refractivity (Wildman–Crippen MR) is 83.2 cm³/mol. The molecule has 112 valence electrons. The summed E-state index contributed by atoms with van der Waals surface area (Å²) in [7, 11) is -3.66. The first-order valence-electron chi connectivity index (χ1n) is 6.45. The number of sulfonamides is 1. The van der Waals surface area contributed by atoms with E-state index in [0.29, 0.717) is 6.54 Å². The van der Waals surface area contributed by atoms with Crippen molar-refractivity contribution in [3.05, 3.63) is 38.4 Å². The summed E-state index contributed by atoms with van der Waals surface area (Å²) < 4.78 is 22.5. The first-order valence-corrected chi connectivity index (χ1v) is 9.63. The van der Waals surface area contributed by atoms with E-state index in [-0.39, 0.29) is 10.1 Å². The van der Waals surface area contributed by atoms with E-state index >= 15 is 0 Å². The molecule has 1 aliphatic rings.